The van der Waals surface area contributed by atoms with Gasteiger partial charge in [-0.1, -0.05) is 6.92 Å². The summed E-state index contributed by atoms with van der Waals surface area (Å²) in [6, 6.07) is 0. The summed E-state index contributed by atoms with van der Waals surface area (Å²) in [5, 5.41) is 26.4. The molecule has 4 fully saturated rings. The minimum Gasteiger partial charge on any atom is -0.395 e. The number of epoxide rings is 4. The van der Waals surface area contributed by atoms with Crippen LogP contribution in [0.15, 0.2) is 28.8 Å². The van der Waals surface area contributed by atoms with Crippen molar-refractivity contribution in [1.82, 2.24) is 27.4 Å². The predicted octanol–water partition coefficient (Wildman–Crippen LogP) is -5.64. The fraction of sp³-hybridized carbons (Fsp3) is 0.806. The molecule has 0 bridgehead atoms. The lowest BCUT2D eigenvalue weighted by Gasteiger charge is -2.14. The molecular formula is C31H50N6O16. The number of aliphatic hydroxyl groups excluding tert-OH is 3. The molecule has 6 rings (SSSR count). The van der Waals surface area contributed by atoms with Gasteiger partial charge in [0.25, 0.3) is 0 Å². The number of hydrogen-bond donors (Lipinski definition) is 3. The number of aliphatic hydroxyl groups is 3. The first-order chi connectivity index (χ1) is 25.6. The number of aromatic nitrogens is 6. The van der Waals surface area contributed by atoms with Crippen LogP contribution >= 0.6 is 0 Å². The Labute approximate surface area is 301 Å². The number of nitrogens with zero attached hydrogens (tertiary/aromatic N) is 6. The minimum absolute atomic E-state index is 0.0399. The molecule has 2 aromatic rings. The van der Waals surface area contributed by atoms with Crippen LogP contribution in [0.1, 0.15) is 13.3 Å². The molecule has 4 unspecified atom stereocenters. The van der Waals surface area contributed by atoms with Gasteiger partial charge < -0.3 is 48.5 Å². The number of ether oxygens (including phenoxy) is 7. The molecule has 300 valence electrons. The van der Waals surface area contributed by atoms with Crippen LogP contribution in [-0.4, -0.2) is 153 Å². The van der Waals surface area contributed by atoms with Crippen molar-refractivity contribution < 1.29 is 48.5 Å². The van der Waals surface area contributed by atoms with Gasteiger partial charge in [0.15, 0.2) is 0 Å². The highest BCUT2D eigenvalue weighted by atomic mass is 16.6. The van der Waals surface area contributed by atoms with Gasteiger partial charge in [-0.2, -0.15) is 0 Å². The van der Waals surface area contributed by atoms with Crippen molar-refractivity contribution in [3.63, 3.8) is 0 Å². The van der Waals surface area contributed by atoms with Gasteiger partial charge in [0.2, 0.25) is 0 Å². The highest BCUT2D eigenvalue weighted by Crippen LogP contribution is 2.11. The number of hydrogen-bond acceptors (Lipinski definition) is 16. The summed E-state index contributed by atoms with van der Waals surface area (Å²) >= 11 is 0. The summed E-state index contributed by atoms with van der Waals surface area (Å²) in [6.45, 7) is 4.91. The summed E-state index contributed by atoms with van der Waals surface area (Å²) in [5.41, 5.74) is -4.69. The normalized spacial score (nSPS) is 20.6. The lowest BCUT2D eigenvalue weighted by atomic mass is 10.4. The molecule has 0 saturated carbocycles. The molecular weight excluding hydrogens is 712 g/mol. The third-order valence-electron chi connectivity index (χ3n) is 8.10. The second-order valence-electron chi connectivity index (χ2n) is 12.2. The Balaban J connectivity index is 0.000000230. The Morgan fingerprint density at radius 3 is 0.849 bits per heavy atom. The Bertz CT molecular complexity index is 1540. The zero-order valence-corrected chi connectivity index (χ0v) is 29.8. The van der Waals surface area contributed by atoms with E-state index in [9.17, 15) is 28.8 Å². The van der Waals surface area contributed by atoms with Crippen molar-refractivity contribution in [3.8, 4) is 0 Å². The summed E-state index contributed by atoms with van der Waals surface area (Å²) in [7, 11) is 0. The van der Waals surface area contributed by atoms with E-state index in [0.29, 0.717) is 59.4 Å². The maximum Gasteiger partial charge on any atom is 0.336 e. The molecule has 0 aliphatic carbocycles. The summed E-state index contributed by atoms with van der Waals surface area (Å²) < 4.78 is 41.5. The van der Waals surface area contributed by atoms with Gasteiger partial charge >= 0.3 is 34.1 Å². The highest BCUT2D eigenvalue weighted by molar-refractivity contribution is 4.81. The molecule has 22 nitrogen and oxygen atoms in total. The van der Waals surface area contributed by atoms with E-state index in [1.807, 2.05) is 0 Å². The van der Waals surface area contributed by atoms with Gasteiger partial charge in [-0.15, -0.1) is 0 Å². The maximum atomic E-state index is 12.8. The first-order valence-corrected chi connectivity index (χ1v) is 17.6. The van der Waals surface area contributed by atoms with E-state index < -0.39 is 54.0 Å². The van der Waals surface area contributed by atoms with E-state index in [1.54, 1.807) is 0 Å². The SMILES string of the molecule is CCC1CO1.O=c1n(CCO)c(=O)n(CCO)c(=O)n1CCO.O=c1n(CCOCC2CO2)c(=O)n(CCOCC2CO2)c(=O)n1CCOCC1CO1. The maximum absolute atomic E-state index is 12.8. The van der Waals surface area contributed by atoms with Crippen LogP contribution in [0.3, 0.4) is 0 Å². The average Bonchev–Trinajstić information content (AvgIpc) is 3.94. The first kappa shape index (κ1) is 42.2. The van der Waals surface area contributed by atoms with Crippen LogP contribution in [0, 0.1) is 0 Å². The zero-order chi connectivity index (χ0) is 38.3. The van der Waals surface area contributed by atoms with E-state index in [2.05, 4.69) is 6.92 Å². The third-order valence-corrected chi connectivity index (χ3v) is 8.10. The quantitative estimate of drug-likeness (QED) is 0.0745. The minimum atomic E-state index is -0.887. The smallest absolute Gasteiger partial charge is 0.336 e. The lowest BCUT2D eigenvalue weighted by Crippen LogP contribution is -2.55. The van der Waals surface area contributed by atoms with E-state index in [-0.39, 0.29) is 77.4 Å². The zero-order valence-electron chi connectivity index (χ0n) is 29.8. The molecule has 22 heteroatoms. The van der Waals surface area contributed by atoms with Crippen LogP contribution in [0.4, 0.5) is 0 Å². The first-order valence-electron chi connectivity index (χ1n) is 17.6. The van der Waals surface area contributed by atoms with Crippen LogP contribution < -0.4 is 34.1 Å². The molecule has 0 spiro atoms. The highest BCUT2D eigenvalue weighted by Gasteiger charge is 2.25. The van der Waals surface area contributed by atoms with Gasteiger partial charge in [0.05, 0.1) is 131 Å². The second-order valence-corrected chi connectivity index (χ2v) is 12.2. The predicted molar refractivity (Wildman–Crippen MR) is 181 cm³/mol. The van der Waals surface area contributed by atoms with Gasteiger partial charge in [-0.05, 0) is 6.42 Å². The van der Waals surface area contributed by atoms with E-state index in [4.69, 9.17) is 48.5 Å². The molecule has 6 heterocycles. The van der Waals surface area contributed by atoms with E-state index in [1.165, 1.54) is 6.42 Å². The standard InChI is InChI=1S/C18H27N3O9.C9H15N3O6.C4H8O/c22-16-19(1-4-25-7-13-10-28-13)17(23)21(3-6-27-9-15-12-30-15)18(24)20(16)2-5-26-8-14-11-29-14;13-4-1-10-7(16)11(2-5-14)9(18)12(3-6-15)8(10)17;1-2-4-3-5-4/h13-15H,1-12H2;13-15H,1-6H2;4H,2-3H2,1H3. The Morgan fingerprint density at radius 1 is 0.453 bits per heavy atom. The fourth-order valence-electron chi connectivity index (χ4n) is 4.72. The van der Waals surface area contributed by atoms with Crippen LogP contribution in [0.5, 0.6) is 0 Å². The summed E-state index contributed by atoms with van der Waals surface area (Å²) in [4.78, 5) is 73.7. The van der Waals surface area contributed by atoms with Crippen molar-refractivity contribution in [3.05, 3.63) is 62.9 Å². The van der Waals surface area contributed by atoms with Crippen molar-refractivity contribution in [1.29, 1.82) is 0 Å². The molecule has 4 saturated heterocycles. The molecule has 0 aromatic carbocycles. The van der Waals surface area contributed by atoms with Gasteiger partial charge in [-0.3, -0.25) is 0 Å². The Kier molecular flexibility index (Phi) is 17.0. The monoisotopic (exact) mass is 762 g/mol. The Hall–Kier alpha value is -3.58. The summed E-state index contributed by atoms with van der Waals surface area (Å²) in [5.74, 6) is 0. The molecule has 2 aromatic heterocycles. The third kappa shape index (κ3) is 13.3. The van der Waals surface area contributed by atoms with Gasteiger partial charge in [0.1, 0.15) is 18.3 Å². The van der Waals surface area contributed by atoms with Crippen molar-refractivity contribution in [2.45, 2.75) is 77.0 Å². The van der Waals surface area contributed by atoms with Crippen molar-refractivity contribution in [2.75, 3.05) is 85.9 Å². The molecule has 3 N–H and O–H groups in total. The molecule has 4 atom stereocenters. The second kappa shape index (κ2) is 21.3. The van der Waals surface area contributed by atoms with E-state index >= 15 is 0 Å². The van der Waals surface area contributed by atoms with Gasteiger partial charge in [-0.25, -0.2) is 56.2 Å². The Morgan fingerprint density at radius 2 is 0.679 bits per heavy atom. The van der Waals surface area contributed by atoms with Crippen molar-refractivity contribution in [2.24, 2.45) is 0 Å². The topological polar surface area (TPSA) is 270 Å². The largest absolute Gasteiger partial charge is 0.395 e. The molecule has 0 amide bonds. The average molecular weight is 763 g/mol. The van der Waals surface area contributed by atoms with Crippen LogP contribution in [0.2, 0.25) is 0 Å². The van der Waals surface area contributed by atoms with Crippen LogP contribution in [0.25, 0.3) is 0 Å². The molecule has 4 aliphatic rings. The summed E-state index contributed by atoms with van der Waals surface area (Å²) in [6.07, 6.45) is 2.10. The van der Waals surface area contributed by atoms with Gasteiger partial charge in [0, 0.05) is 0 Å². The molecule has 0 radical (unpaired) electrons. The molecule has 53 heavy (non-hydrogen) atoms. The lowest BCUT2D eigenvalue weighted by molar-refractivity contribution is 0.0974. The van der Waals surface area contributed by atoms with Crippen LogP contribution in [-0.2, 0) is 72.4 Å². The fourth-order valence-corrected chi connectivity index (χ4v) is 4.72. The van der Waals surface area contributed by atoms with E-state index in [0.717, 1.165) is 20.3 Å². The number of rotatable bonds is 22. The molecule has 4 aliphatic heterocycles. The van der Waals surface area contributed by atoms with Crippen molar-refractivity contribution >= 4 is 0 Å².